The summed E-state index contributed by atoms with van der Waals surface area (Å²) in [6.07, 6.45) is 1.81. The lowest BCUT2D eigenvalue weighted by Gasteiger charge is -2.30. The van der Waals surface area contributed by atoms with E-state index in [2.05, 4.69) is 16.2 Å². The molecule has 3 saturated heterocycles. The molecule has 1 aromatic rings. The molecule has 0 radical (unpaired) electrons. The normalized spacial score (nSPS) is 28.6. The van der Waals surface area contributed by atoms with Gasteiger partial charge in [0.25, 0.3) is 5.91 Å². The molecule has 8 heteroatoms. The Bertz CT molecular complexity index is 715. The van der Waals surface area contributed by atoms with Crippen LogP contribution in [0.4, 0.5) is 0 Å². The number of piperidine rings is 1. The zero-order valence-corrected chi connectivity index (χ0v) is 16.0. The molecule has 3 heterocycles. The maximum Gasteiger partial charge on any atom is 0.253 e. The first kappa shape index (κ1) is 18.7. The highest BCUT2D eigenvalue weighted by Crippen LogP contribution is 2.22. The Labute approximate surface area is 164 Å². The van der Waals surface area contributed by atoms with Crippen molar-refractivity contribution in [2.45, 2.75) is 24.9 Å². The predicted octanol–water partition coefficient (Wildman–Crippen LogP) is 0.469. The molecule has 3 N–H and O–H groups in total. The van der Waals surface area contributed by atoms with Crippen molar-refractivity contribution in [2.75, 3.05) is 39.3 Å². The predicted molar refractivity (Wildman–Crippen MR) is 103 cm³/mol. The average Bonchev–Trinajstić information content (AvgIpc) is 2.96. The molecule has 0 bridgehead atoms. The van der Waals surface area contributed by atoms with Gasteiger partial charge in [-0.1, -0.05) is 17.7 Å². The fraction of sp³-hybridized carbons (Fsp3) is 0.579. The first-order chi connectivity index (χ1) is 13.1. The van der Waals surface area contributed by atoms with E-state index in [4.69, 9.17) is 11.6 Å². The Morgan fingerprint density at radius 2 is 1.89 bits per heavy atom. The van der Waals surface area contributed by atoms with Gasteiger partial charge < -0.3 is 15.1 Å². The molecule has 0 aliphatic carbocycles. The average molecular weight is 392 g/mol. The van der Waals surface area contributed by atoms with Crippen LogP contribution in [0.3, 0.4) is 0 Å². The van der Waals surface area contributed by atoms with Crippen molar-refractivity contribution in [3.63, 3.8) is 0 Å². The number of hydrazine groups is 1. The summed E-state index contributed by atoms with van der Waals surface area (Å²) in [5.74, 6) is 0.387. The lowest BCUT2D eigenvalue weighted by atomic mass is 9.89. The van der Waals surface area contributed by atoms with E-state index in [9.17, 15) is 9.59 Å². The molecule has 1 aromatic carbocycles. The Kier molecular flexibility index (Phi) is 5.63. The van der Waals surface area contributed by atoms with Gasteiger partial charge in [0.05, 0.1) is 0 Å². The molecule has 3 unspecified atom stereocenters. The molecular formula is C19H26ClN5O2. The van der Waals surface area contributed by atoms with E-state index in [0.29, 0.717) is 42.8 Å². The Hall–Kier alpha value is -1.67. The van der Waals surface area contributed by atoms with Crippen molar-refractivity contribution < 1.29 is 9.59 Å². The Morgan fingerprint density at radius 1 is 1.07 bits per heavy atom. The van der Waals surface area contributed by atoms with Crippen LogP contribution in [0.25, 0.3) is 0 Å². The molecule has 0 saturated carbocycles. The Morgan fingerprint density at radius 3 is 2.74 bits per heavy atom. The number of hydrogen-bond acceptors (Lipinski definition) is 5. The van der Waals surface area contributed by atoms with Crippen LogP contribution in [-0.4, -0.2) is 73.0 Å². The van der Waals surface area contributed by atoms with Crippen LogP contribution in [0.15, 0.2) is 24.3 Å². The minimum atomic E-state index is -0.196. The molecule has 0 aromatic heterocycles. The lowest BCUT2D eigenvalue weighted by Crippen LogP contribution is -2.51. The summed E-state index contributed by atoms with van der Waals surface area (Å²) in [5, 5.41) is 3.94. The molecule has 27 heavy (non-hydrogen) atoms. The number of halogens is 1. The summed E-state index contributed by atoms with van der Waals surface area (Å²) < 4.78 is 0. The number of rotatable bonds is 2. The number of benzene rings is 1. The highest BCUT2D eigenvalue weighted by atomic mass is 35.5. The van der Waals surface area contributed by atoms with Crippen LogP contribution in [0.2, 0.25) is 5.02 Å². The summed E-state index contributed by atoms with van der Waals surface area (Å²) in [6, 6.07) is 7.19. The van der Waals surface area contributed by atoms with E-state index in [1.807, 2.05) is 9.80 Å². The number of hydrogen-bond donors (Lipinski definition) is 3. The van der Waals surface area contributed by atoms with Gasteiger partial charge in [-0.15, -0.1) is 0 Å². The van der Waals surface area contributed by atoms with Crippen molar-refractivity contribution in [1.29, 1.82) is 0 Å². The minimum Gasteiger partial charge on any atom is -0.339 e. The SMILES string of the molecule is O=C(c1cccc(Cl)c1)N1CCCN(C(=O)C2NNC3CCNCC32)CC1. The second-order valence-electron chi connectivity index (χ2n) is 7.51. The zero-order chi connectivity index (χ0) is 18.8. The second kappa shape index (κ2) is 8.14. The molecule has 2 amide bonds. The van der Waals surface area contributed by atoms with E-state index in [1.165, 1.54) is 0 Å². The van der Waals surface area contributed by atoms with Crippen LogP contribution in [0, 0.1) is 5.92 Å². The maximum atomic E-state index is 13.1. The van der Waals surface area contributed by atoms with Crippen LogP contribution in [0.1, 0.15) is 23.2 Å². The number of carbonyl (C=O) groups excluding carboxylic acids is 2. The lowest BCUT2D eigenvalue weighted by molar-refractivity contribution is -0.134. The van der Waals surface area contributed by atoms with Crippen molar-refractivity contribution in [3.05, 3.63) is 34.9 Å². The summed E-state index contributed by atoms with van der Waals surface area (Å²) in [4.78, 5) is 29.6. The fourth-order valence-corrected chi connectivity index (χ4v) is 4.49. The summed E-state index contributed by atoms with van der Waals surface area (Å²) >= 11 is 6.01. The van der Waals surface area contributed by atoms with Gasteiger partial charge >= 0.3 is 0 Å². The minimum absolute atomic E-state index is 0.0241. The number of amides is 2. The van der Waals surface area contributed by atoms with Crippen molar-refractivity contribution >= 4 is 23.4 Å². The van der Waals surface area contributed by atoms with E-state index in [0.717, 1.165) is 25.9 Å². The number of carbonyl (C=O) groups is 2. The van der Waals surface area contributed by atoms with Gasteiger partial charge in [-0.25, -0.2) is 5.43 Å². The van der Waals surface area contributed by atoms with Crippen LogP contribution in [0.5, 0.6) is 0 Å². The standard InChI is InChI=1S/C19H26ClN5O2/c20-14-4-1-3-13(11-14)18(26)24-7-2-8-25(10-9-24)19(27)17-15-12-21-6-5-16(15)22-23-17/h1,3-4,11,15-17,21-23H,2,5-10,12H2. The van der Waals surface area contributed by atoms with Crippen molar-refractivity contribution in [3.8, 4) is 0 Å². The van der Waals surface area contributed by atoms with Gasteiger partial charge in [-0.2, -0.15) is 0 Å². The van der Waals surface area contributed by atoms with E-state index in [1.54, 1.807) is 24.3 Å². The van der Waals surface area contributed by atoms with Crippen molar-refractivity contribution in [1.82, 2.24) is 26.0 Å². The quantitative estimate of drug-likeness (QED) is 0.683. The highest BCUT2D eigenvalue weighted by molar-refractivity contribution is 6.30. The van der Waals surface area contributed by atoms with E-state index >= 15 is 0 Å². The summed E-state index contributed by atoms with van der Waals surface area (Å²) in [5.41, 5.74) is 7.09. The largest absolute Gasteiger partial charge is 0.339 e. The van der Waals surface area contributed by atoms with Crippen LogP contribution in [-0.2, 0) is 4.79 Å². The van der Waals surface area contributed by atoms with Crippen molar-refractivity contribution in [2.24, 2.45) is 5.92 Å². The molecule has 3 aliphatic heterocycles. The summed E-state index contributed by atoms with van der Waals surface area (Å²) in [6.45, 7) is 4.29. The molecule has 3 fully saturated rings. The van der Waals surface area contributed by atoms with Gasteiger partial charge in [0, 0.05) is 55.3 Å². The third-order valence-electron chi connectivity index (χ3n) is 5.81. The zero-order valence-electron chi connectivity index (χ0n) is 15.3. The molecule has 146 valence electrons. The maximum absolute atomic E-state index is 13.1. The van der Waals surface area contributed by atoms with E-state index < -0.39 is 0 Å². The topological polar surface area (TPSA) is 76.7 Å². The van der Waals surface area contributed by atoms with Crippen LogP contribution < -0.4 is 16.2 Å². The fourth-order valence-electron chi connectivity index (χ4n) is 4.30. The van der Waals surface area contributed by atoms with Gasteiger partial charge in [-0.3, -0.25) is 15.0 Å². The molecule has 4 rings (SSSR count). The number of nitrogens with zero attached hydrogens (tertiary/aromatic N) is 2. The van der Waals surface area contributed by atoms with E-state index in [-0.39, 0.29) is 23.8 Å². The molecular weight excluding hydrogens is 366 g/mol. The third-order valence-corrected chi connectivity index (χ3v) is 6.05. The molecule has 7 nitrogen and oxygen atoms in total. The first-order valence-corrected chi connectivity index (χ1v) is 10.1. The number of nitrogens with one attached hydrogen (secondary N) is 3. The monoisotopic (exact) mass is 391 g/mol. The molecule has 0 spiro atoms. The van der Waals surface area contributed by atoms with Gasteiger partial charge in [0.1, 0.15) is 6.04 Å². The third kappa shape index (κ3) is 3.96. The first-order valence-electron chi connectivity index (χ1n) is 9.69. The smallest absolute Gasteiger partial charge is 0.253 e. The molecule has 3 aliphatic rings. The molecule has 3 atom stereocenters. The van der Waals surface area contributed by atoms with Crippen LogP contribution >= 0.6 is 11.6 Å². The van der Waals surface area contributed by atoms with Gasteiger partial charge in [0.2, 0.25) is 5.91 Å². The Balaban J connectivity index is 1.38. The second-order valence-corrected chi connectivity index (χ2v) is 7.95. The van der Waals surface area contributed by atoms with Gasteiger partial charge in [0.15, 0.2) is 0 Å². The summed E-state index contributed by atoms with van der Waals surface area (Å²) in [7, 11) is 0. The van der Waals surface area contributed by atoms with Gasteiger partial charge in [-0.05, 0) is 37.6 Å². The number of fused-ring (bicyclic) bond motifs is 1. The highest BCUT2D eigenvalue weighted by Gasteiger charge is 2.42.